The summed E-state index contributed by atoms with van der Waals surface area (Å²) >= 11 is 0. The van der Waals surface area contributed by atoms with Gasteiger partial charge in [-0.05, 0) is 62.3 Å². The smallest absolute Gasteiger partial charge is 0.303 e. The number of piperidine rings is 2. The highest BCUT2D eigenvalue weighted by molar-refractivity contribution is 5.94. The van der Waals surface area contributed by atoms with Gasteiger partial charge in [-0.25, -0.2) is 4.39 Å². The van der Waals surface area contributed by atoms with Crippen molar-refractivity contribution in [3.63, 3.8) is 0 Å². The van der Waals surface area contributed by atoms with Crippen LogP contribution in [-0.2, 0) is 9.59 Å². The lowest BCUT2D eigenvalue weighted by Gasteiger charge is -2.38. The van der Waals surface area contributed by atoms with E-state index in [4.69, 9.17) is 5.11 Å². The molecule has 1 aromatic carbocycles. The van der Waals surface area contributed by atoms with Gasteiger partial charge >= 0.3 is 5.97 Å². The summed E-state index contributed by atoms with van der Waals surface area (Å²) in [5.74, 6) is -1.28. The van der Waals surface area contributed by atoms with Gasteiger partial charge in [-0.2, -0.15) is 0 Å². The Balaban J connectivity index is 1.58. The monoisotopic (exact) mass is 390 g/mol. The first-order chi connectivity index (χ1) is 13.4. The Morgan fingerprint density at radius 2 is 1.68 bits per heavy atom. The van der Waals surface area contributed by atoms with E-state index in [1.165, 1.54) is 24.3 Å². The second-order valence-corrected chi connectivity index (χ2v) is 7.82. The van der Waals surface area contributed by atoms with Crippen LogP contribution in [0.25, 0.3) is 0 Å². The molecular weight excluding hydrogens is 363 g/mol. The predicted molar refractivity (Wildman–Crippen MR) is 101 cm³/mol. The quantitative estimate of drug-likeness (QED) is 0.839. The minimum atomic E-state index is -0.800. The molecule has 152 valence electrons. The number of aliphatic carboxylic acids is 1. The van der Waals surface area contributed by atoms with E-state index >= 15 is 0 Å². The van der Waals surface area contributed by atoms with Crippen LogP contribution >= 0.6 is 0 Å². The average Bonchev–Trinajstić information content (AvgIpc) is 2.72. The molecule has 0 aliphatic carbocycles. The van der Waals surface area contributed by atoms with E-state index in [1.54, 1.807) is 4.90 Å². The Labute approximate surface area is 164 Å². The summed E-state index contributed by atoms with van der Waals surface area (Å²) < 4.78 is 13.1. The molecule has 0 saturated carbocycles. The number of carbonyl (C=O) groups excluding carboxylic acids is 2. The highest BCUT2D eigenvalue weighted by Gasteiger charge is 2.33. The van der Waals surface area contributed by atoms with Crippen LogP contribution in [0.2, 0.25) is 0 Å². The molecule has 7 heteroatoms. The van der Waals surface area contributed by atoms with Crippen LogP contribution < -0.4 is 0 Å². The van der Waals surface area contributed by atoms with Gasteiger partial charge in [-0.3, -0.25) is 14.4 Å². The van der Waals surface area contributed by atoms with E-state index < -0.39 is 5.97 Å². The average molecular weight is 390 g/mol. The molecule has 1 N–H and O–H groups in total. The van der Waals surface area contributed by atoms with Crippen LogP contribution in [0.4, 0.5) is 4.39 Å². The number of carbonyl (C=O) groups is 3. The third-order valence-corrected chi connectivity index (χ3v) is 5.75. The van der Waals surface area contributed by atoms with Gasteiger partial charge in [-0.15, -0.1) is 0 Å². The van der Waals surface area contributed by atoms with Gasteiger partial charge in [0.05, 0.1) is 5.92 Å². The summed E-state index contributed by atoms with van der Waals surface area (Å²) in [5, 5.41) is 8.87. The molecule has 2 aliphatic heterocycles. The Kier molecular flexibility index (Phi) is 6.65. The van der Waals surface area contributed by atoms with Gasteiger partial charge in [0.25, 0.3) is 5.91 Å². The standard InChI is InChI=1S/C21H27FN2O4/c22-18-8-6-16(7-9-18)20(27)24-12-2-4-17(14-24)21(28)23-11-1-3-15(13-23)5-10-19(25)26/h6-9,15,17H,1-5,10-14H2,(H,25,26). The van der Waals surface area contributed by atoms with Crippen molar-refractivity contribution in [1.29, 1.82) is 0 Å². The van der Waals surface area contributed by atoms with Crippen molar-refractivity contribution in [1.82, 2.24) is 9.80 Å². The molecule has 0 spiro atoms. The molecule has 2 saturated heterocycles. The highest BCUT2D eigenvalue weighted by Crippen LogP contribution is 2.26. The Morgan fingerprint density at radius 3 is 2.39 bits per heavy atom. The van der Waals surface area contributed by atoms with Crippen molar-refractivity contribution in [2.24, 2.45) is 11.8 Å². The molecule has 1 aromatic rings. The van der Waals surface area contributed by atoms with Crippen LogP contribution in [0.5, 0.6) is 0 Å². The molecule has 28 heavy (non-hydrogen) atoms. The molecule has 0 radical (unpaired) electrons. The number of rotatable bonds is 5. The predicted octanol–water partition coefficient (Wildman–Crippen LogP) is 2.78. The van der Waals surface area contributed by atoms with Crippen molar-refractivity contribution >= 4 is 17.8 Å². The third kappa shape index (κ3) is 5.09. The highest BCUT2D eigenvalue weighted by atomic mass is 19.1. The van der Waals surface area contributed by atoms with Gasteiger partial charge < -0.3 is 14.9 Å². The lowest BCUT2D eigenvalue weighted by molar-refractivity contribution is -0.139. The van der Waals surface area contributed by atoms with Crippen LogP contribution in [-0.4, -0.2) is 58.9 Å². The number of carboxylic acids is 1. The molecule has 2 unspecified atom stereocenters. The zero-order valence-electron chi connectivity index (χ0n) is 16.0. The maximum absolute atomic E-state index is 13.1. The number of hydrogen-bond donors (Lipinski definition) is 1. The molecule has 2 fully saturated rings. The normalized spacial score (nSPS) is 22.8. The fourth-order valence-electron chi connectivity index (χ4n) is 4.22. The number of halogens is 1. The summed E-state index contributed by atoms with van der Waals surface area (Å²) in [5.41, 5.74) is 0.432. The maximum atomic E-state index is 13.1. The van der Waals surface area contributed by atoms with Gasteiger partial charge in [0, 0.05) is 38.2 Å². The van der Waals surface area contributed by atoms with Gasteiger partial charge in [0.2, 0.25) is 5.91 Å². The summed E-state index contributed by atoms with van der Waals surface area (Å²) in [6, 6.07) is 5.48. The molecular formula is C21H27FN2O4. The summed E-state index contributed by atoms with van der Waals surface area (Å²) in [4.78, 5) is 40.0. The summed E-state index contributed by atoms with van der Waals surface area (Å²) in [6.45, 7) is 2.28. The summed E-state index contributed by atoms with van der Waals surface area (Å²) in [7, 11) is 0. The number of hydrogen-bond acceptors (Lipinski definition) is 3. The lowest BCUT2D eigenvalue weighted by atomic mass is 9.90. The molecule has 0 bridgehead atoms. The fourth-order valence-corrected chi connectivity index (χ4v) is 4.22. The van der Waals surface area contributed by atoms with E-state index in [2.05, 4.69) is 0 Å². The maximum Gasteiger partial charge on any atom is 0.303 e. The number of nitrogens with zero attached hydrogens (tertiary/aromatic N) is 2. The first kappa shape index (κ1) is 20.3. The molecule has 2 atom stereocenters. The van der Waals surface area contributed by atoms with Crippen molar-refractivity contribution in [3.05, 3.63) is 35.6 Å². The lowest BCUT2D eigenvalue weighted by Crippen LogP contribution is -2.49. The van der Waals surface area contributed by atoms with Crippen molar-refractivity contribution in [2.45, 2.75) is 38.5 Å². The molecule has 3 rings (SSSR count). The number of likely N-dealkylation sites (tertiary alicyclic amines) is 2. The molecule has 0 aromatic heterocycles. The first-order valence-corrected chi connectivity index (χ1v) is 9.99. The van der Waals surface area contributed by atoms with E-state index in [0.717, 1.165) is 25.7 Å². The number of benzene rings is 1. The van der Waals surface area contributed by atoms with Crippen LogP contribution in [0.1, 0.15) is 48.9 Å². The topological polar surface area (TPSA) is 77.9 Å². The van der Waals surface area contributed by atoms with Gasteiger partial charge in [0.15, 0.2) is 0 Å². The van der Waals surface area contributed by atoms with Crippen LogP contribution in [0.3, 0.4) is 0 Å². The van der Waals surface area contributed by atoms with E-state index in [1.807, 2.05) is 4.90 Å². The molecule has 2 amide bonds. The number of carboxylic acid groups (broad SMARTS) is 1. The van der Waals surface area contributed by atoms with E-state index in [9.17, 15) is 18.8 Å². The van der Waals surface area contributed by atoms with Crippen LogP contribution in [0.15, 0.2) is 24.3 Å². The zero-order chi connectivity index (χ0) is 20.1. The Bertz CT molecular complexity index is 722. The SMILES string of the molecule is O=C(O)CCC1CCCN(C(=O)C2CCCN(C(=O)c3ccc(F)cc3)C2)C1. The van der Waals surface area contributed by atoms with E-state index in [0.29, 0.717) is 38.2 Å². The Hall–Kier alpha value is -2.44. The number of amides is 2. The first-order valence-electron chi connectivity index (χ1n) is 9.99. The molecule has 2 heterocycles. The third-order valence-electron chi connectivity index (χ3n) is 5.75. The summed E-state index contributed by atoms with van der Waals surface area (Å²) in [6.07, 6.45) is 4.09. The molecule has 2 aliphatic rings. The minimum Gasteiger partial charge on any atom is -0.481 e. The second-order valence-electron chi connectivity index (χ2n) is 7.82. The zero-order valence-corrected chi connectivity index (χ0v) is 16.0. The van der Waals surface area contributed by atoms with Crippen molar-refractivity contribution in [3.8, 4) is 0 Å². The van der Waals surface area contributed by atoms with Gasteiger partial charge in [0.1, 0.15) is 5.82 Å². The van der Waals surface area contributed by atoms with Gasteiger partial charge in [-0.1, -0.05) is 0 Å². The van der Waals surface area contributed by atoms with Crippen molar-refractivity contribution < 1.29 is 23.9 Å². The Morgan fingerprint density at radius 1 is 1.00 bits per heavy atom. The second kappa shape index (κ2) is 9.17. The largest absolute Gasteiger partial charge is 0.481 e. The fraction of sp³-hybridized carbons (Fsp3) is 0.571. The van der Waals surface area contributed by atoms with Crippen LogP contribution in [0, 0.1) is 17.7 Å². The van der Waals surface area contributed by atoms with E-state index in [-0.39, 0.29) is 35.9 Å². The van der Waals surface area contributed by atoms with Crippen molar-refractivity contribution in [2.75, 3.05) is 26.2 Å². The minimum absolute atomic E-state index is 0.0663. The molecule has 6 nitrogen and oxygen atoms in total.